The number of Topliss-reactive ketones (excluding diaryl/α,β-unsaturated/α-hetero) is 1. The van der Waals surface area contributed by atoms with Crippen LogP contribution in [-0.4, -0.2) is 35.9 Å². The number of hydrogen-bond donors (Lipinski definition) is 0. The molecule has 1 heterocycles. The summed E-state index contributed by atoms with van der Waals surface area (Å²) in [6.07, 6.45) is 0.896. The Kier molecular flexibility index (Phi) is 4.48. The zero-order valence-corrected chi connectivity index (χ0v) is 12.9. The topological polar surface area (TPSA) is 29.5 Å². The SMILES string of the molecule is CCN1CC(Oc2ccccc2)CC1C(=O)C(C)(C)C. The number of carbonyl (C=O) groups is 1. The number of likely N-dealkylation sites (tertiary alicyclic amines) is 1. The molecule has 1 saturated heterocycles. The minimum absolute atomic E-state index is 0.00582. The largest absolute Gasteiger partial charge is 0.489 e. The number of rotatable bonds is 4. The Labute approximate surface area is 121 Å². The number of ether oxygens (including phenoxy) is 1. The molecule has 0 amide bonds. The van der Waals surface area contributed by atoms with Crippen LogP contribution in [0.3, 0.4) is 0 Å². The van der Waals surface area contributed by atoms with Crippen molar-refractivity contribution in [1.82, 2.24) is 4.90 Å². The highest BCUT2D eigenvalue weighted by Crippen LogP contribution is 2.28. The summed E-state index contributed by atoms with van der Waals surface area (Å²) < 4.78 is 6.01. The lowest BCUT2D eigenvalue weighted by Crippen LogP contribution is -2.41. The van der Waals surface area contributed by atoms with Crippen LogP contribution in [0.2, 0.25) is 0 Å². The number of ketones is 1. The van der Waals surface area contributed by atoms with Crippen LogP contribution in [0.1, 0.15) is 34.1 Å². The van der Waals surface area contributed by atoms with Crippen molar-refractivity contribution >= 4 is 5.78 Å². The maximum Gasteiger partial charge on any atom is 0.155 e. The van der Waals surface area contributed by atoms with Gasteiger partial charge in [-0.05, 0) is 18.7 Å². The van der Waals surface area contributed by atoms with Crippen molar-refractivity contribution in [2.24, 2.45) is 5.41 Å². The van der Waals surface area contributed by atoms with Gasteiger partial charge in [-0.1, -0.05) is 45.9 Å². The maximum atomic E-state index is 12.5. The van der Waals surface area contributed by atoms with Crippen molar-refractivity contribution in [1.29, 1.82) is 0 Å². The van der Waals surface area contributed by atoms with Gasteiger partial charge in [0.1, 0.15) is 11.9 Å². The van der Waals surface area contributed by atoms with Crippen LogP contribution in [-0.2, 0) is 4.79 Å². The molecule has 110 valence electrons. The summed E-state index contributed by atoms with van der Waals surface area (Å²) in [4.78, 5) is 14.8. The Morgan fingerprint density at radius 2 is 1.95 bits per heavy atom. The summed E-state index contributed by atoms with van der Waals surface area (Å²) in [5.74, 6) is 1.20. The molecule has 0 aliphatic carbocycles. The first-order chi connectivity index (χ1) is 9.41. The van der Waals surface area contributed by atoms with Gasteiger partial charge in [-0.2, -0.15) is 0 Å². The van der Waals surface area contributed by atoms with Crippen LogP contribution in [0.25, 0.3) is 0 Å². The number of hydrogen-bond acceptors (Lipinski definition) is 3. The van der Waals surface area contributed by atoms with E-state index in [1.165, 1.54) is 0 Å². The zero-order valence-electron chi connectivity index (χ0n) is 12.9. The van der Waals surface area contributed by atoms with Crippen LogP contribution >= 0.6 is 0 Å². The first kappa shape index (κ1) is 15.0. The second-order valence-corrected chi connectivity index (χ2v) is 6.51. The molecule has 2 rings (SSSR count). The van der Waals surface area contributed by atoms with Crippen molar-refractivity contribution in [3.05, 3.63) is 30.3 Å². The summed E-state index contributed by atoms with van der Waals surface area (Å²) in [7, 11) is 0. The second-order valence-electron chi connectivity index (χ2n) is 6.51. The van der Waals surface area contributed by atoms with Crippen LogP contribution in [0, 0.1) is 5.41 Å². The number of benzene rings is 1. The molecule has 1 fully saturated rings. The molecule has 2 unspecified atom stereocenters. The second kappa shape index (κ2) is 5.96. The van der Waals surface area contributed by atoms with E-state index >= 15 is 0 Å². The maximum absolute atomic E-state index is 12.5. The van der Waals surface area contributed by atoms with E-state index in [-0.39, 0.29) is 17.6 Å². The summed E-state index contributed by atoms with van der Waals surface area (Å²) >= 11 is 0. The number of para-hydroxylation sites is 1. The van der Waals surface area contributed by atoms with Crippen molar-refractivity contribution in [3.8, 4) is 5.75 Å². The summed E-state index contributed by atoms with van der Waals surface area (Å²) in [6, 6.07) is 9.85. The Hall–Kier alpha value is -1.35. The monoisotopic (exact) mass is 275 g/mol. The van der Waals surface area contributed by atoms with E-state index in [9.17, 15) is 4.79 Å². The Morgan fingerprint density at radius 3 is 2.50 bits per heavy atom. The van der Waals surface area contributed by atoms with Gasteiger partial charge in [-0.3, -0.25) is 9.69 Å². The van der Waals surface area contributed by atoms with E-state index in [4.69, 9.17) is 4.74 Å². The number of nitrogens with zero attached hydrogens (tertiary/aromatic N) is 1. The van der Waals surface area contributed by atoms with Crippen LogP contribution < -0.4 is 4.74 Å². The zero-order chi connectivity index (χ0) is 14.8. The van der Waals surface area contributed by atoms with Gasteiger partial charge < -0.3 is 4.74 Å². The highest BCUT2D eigenvalue weighted by Gasteiger charge is 2.40. The van der Waals surface area contributed by atoms with Crippen molar-refractivity contribution in [3.63, 3.8) is 0 Å². The predicted molar refractivity (Wildman–Crippen MR) is 81.0 cm³/mol. The minimum atomic E-state index is -0.292. The van der Waals surface area contributed by atoms with E-state index in [0.29, 0.717) is 5.78 Å². The molecule has 1 aromatic carbocycles. The Morgan fingerprint density at radius 1 is 1.30 bits per heavy atom. The highest BCUT2D eigenvalue weighted by atomic mass is 16.5. The molecule has 0 saturated carbocycles. The lowest BCUT2D eigenvalue weighted by Gasteiger charge is -2.27. The van der Waals surface area contributed by atoms with Gasteiger partial charge in [-0.15, -0.1) is 0 Å². The molecule has 0 N–H and O–H groups in total. The van der Waals surface area contributed by atoms with E-state index in [1.807, 2.05) is 51.1 Å². The lowest BCUT2D eigenvalue weighted by molar-refractivity contribution is -0.130. The molecule has 0 radical (unpaired) electrons. The smallest absolute Gasteiger partial charge is 0.155 e. The lowest BCUT2D eigenvalue weighted by atomic mass is 9.85. The third-order valence-electron chi connectivity index (χ3n) is 3.86. The van der Waals surface area contributed by atoms with Gasteiger partial charge in [0.15, 0.2) is 5.78 Å². The number of carbonyl (C=O) groups excluding carboxylic acids is 1. The Bertz CT molecular complexity index is 450. The van der Waals surface area contributed by atoms with E-state index in [1.54, 1.807) is 0 Å². The summed E-state index contributed by atoms with van der Waals surface area (Å²) in [6.45, 7) is 9.81. The fourth-order valence-electron chi connectivity index (χ4n) is 2.76. The molecule has 3 heteroatoms. The molecule has 0 spiro atoms. The molecule has 20 heavy (non-hydrogen) atoms. The molecule has 1 aliphatic rings. The molecule has 0 bridgehead atoms. The van der Waals surface area contributed by atoms with Crippen LogP contribution in [0.15, 0.2) is 30.3 Å². The van der Waals surface area contributed by atoms with E-state index in [2.05, 4.69) is 11.8 Å². The van der Waals surface area contributed by atoms with E-state index < -0.39 is 0 Å². The van der Waals surface area contributed by atoms with Crippen molar-refractivity contribution in [2.75, 3.05) is 13.1 Å². The third-order valence-corrected chi connectivity index (χ3v) is 3.86. The third kappa shape index (κ3) is 3.40. The fraction of sp³-hybridized carbons (Fsp3) is 0.588. The van der Waals surface area contributed by atoms with Gasteiger partial charge in [-0.25, -0.2) is 0 Å². The molecule has 3 nitrogen and oxygen atoms in total. The average molecular weight is 275 g/mol. The molecule has 1 aromatic rings. The molecular weight excluding hydrogens is 250 g/mol. The molecular formula is C17H25NO2. The molecule has 0 aromatic heterocycles. The fourth-order valence-corrected chi connectivity index (χ4v) is 2.76. The normalized spacial score (nSPS) is 23.8. The first-order valence-electron chi connectivity index (χ1n) is 7.42. The number of likely N-dealkylation sites (N-methyl/N-ethyl adjacent to an activating group) is 1. The van der Waals surface area contributed by atoms with Gasteiger partial charge in [0, 0.05) is 18.4 Å². The van der Waals surface area contributed by atoms with Crippen LogP contribution in [0.5, 0.6) is 5.75 Å². The van der Waals surface area contributed by atoms with Crippen molar-refractivity contribution < 1.29 is 9.53 Å². The quantitative estimate of drug-likeness (QED) is 0.845. The van der Waals surface area contributed by atoms with Gasteiger partial charge in [0.25, 0.3) is 0 Å². The van der Waals surface area contributed by atoms with Crippen LogP contribution in [0.4, 0.5) is 0 Å². The van der Waals surface area contributed by atoms with E-state index in [0.717, 1.165) is 25.3 Å². The predicted octanol–water partition coefficient (Wildman–Crippen LogP) is 3.14. The molecule has 2 atom stereocenters. The van der Waals surface area contributed by atoms with Gasteiger partial charge in [0.2, 0.25) is 0 Å². The molecule has 1 aliphatic heterocycles. The standard InChI is InChI=1S/C17H25NO2/c1-5-18-12-14(20-13-9-7-6-8-10-13)11-15(18)16(19)17(2,3)4/h6-10,14-15H,5,11-12H2,1-4H3. The highest BCUT2D eigenvalue weighted by molar-refractivity contribution is 5.89. The van der Waals surface area contributed by atoms with Gasteiger partial charge in [0.05, 0.1) is 6.04 Å². The summed E-state index contributed by atoms with van der Waals surface area (Å²) in [5, 5.41) is 0. The summed E-state index contributed by atoms with van der Waals surface area (Å²) in [5.41, 5.74) is -0.292. The van der Waals surface area contributed by atoms with Crippen molar-refractivity contribution in [2.45, 2.75) is 46.3 Å². The first-order valence-corrected chi connectivity index (χ1v) is 7.42. The Balaban J connectivity index is 2.04. The minimum Gasteiger partial charge on any atom is -0.489 e. The average Bonchev–Trinajstić information content (AvgIpc) is 2.80. The van der Waals surface area contributed by atoms with Gasteiger partial charge >= 0.3 is 0 Å².